The molecule has 30 heavy (non-hydrogen) atoms. The smallest absolute Gasteiger partial charge is 0.138 e. The molecule has 2 heterocycles. The van der Waals surface area contributed by atoms with Gasteiger partial charge in [0.1, 0.15) is 16.5 Å². The molecule has 2 aromatic heterocycles. The van der Waals surface area contributed by atoms with Crippen molar-refractivity contribution < 1.29 is 0 Å². The van der Waals surface area contributed by atoms with E-state index in [0.29, 0.717) is 5.56 Å². The zero-order chi connectivity index (χ0) is 20.9. The number of fused-ring (bicyclic) bond motifs is 1. The maximum atomic E-state index is 8.93. The van der Waals surface area contributed by atoms with E-state index in [1.807, 2.05) is 24.3 Å². The van der Waals surface area contributed by atoms with Crippen molar-refractivity contribution in [2.24, 2.45) is 0 Å². The van der Waals surface area contributed by atoms with Gasteiger partial charge in [-0.25, -0.2) is 9.97 Å². The molecule has 0 radical (unpaired) electrons. The van der Waals surface area contributed by atoms with Gasteiger partial charge in [-0.05, 0) is 54.7 Å². The third-order valence-electron chi connectivity index (χ3n) is 5.11. The number of hydrogen-bond acceptors (Lipinski definition) is 5. The van der Waals surface area contributed by atoms with Crippen molar-refractivity contribution in [1.29, 1.82) is 5.26 Å². The third-order valence-corrected chi connectivity index (χ3v) is 6.06. The van der Waals surface area contributed by atoms with Crippen LogP contribution in [0, 0.1) is 18.3 Å². The van der Waals surface area contributed by atoms with E-state index in [9.17, 15) is 0 Å². The topological polar surface area (TPSA) is 61.6 Å². The van der Waals surface area contributed by atoms with Crippen LogP contribution in [-0.4, -0.2) is 16.5 Å². The van der Waals surface area contributed by atoms with Crippen LogP contribution < -0.4 is 5.32 Å². The van der Waals surface area contributed by atoms with Gasteiger partial charge in [-0.1, -0.05) is 43.3 Å². The summed E-state index contributed by atoms with van der Waals surface area (Å²) in [7, 11) is 0. The molecular formula is C25H24N4S. The van der Waals surface area contributed by atoms with E-state index in [1.54, 1.807) is 11.3 Å². The molecule has 0 amide bonds. The Morgan fingerprint density at radius 1 is 1.00 bits per heavy atom. The number of hydrogen-bond donors (Lipinski definition) is 1. The Labute approximate surface area is 181 Å². The van der Waals surface area contributed by atoms with Crippen LogP contribution in [0.2, 0.25) is 0 Å². The molecule has 150 valence electrons. The summed E-state index contributed by atoms with van der Waals surface area (Å²) in [5, 5.41) is 13.6. The Hall–Kier alpha value is -3.23. The molecule has 0 aliphatic heterocycles. The zero-order valence-corrected chi connectivity index (χ0v) is 18.1. The summed E-state index contributed by atoms with van der Waals surface area (Å²) in [5.74, 6) is 1.85. The second-order valence-corrected chi connectivity index (χ2v) is 8.57. The molecule has 4 rings (SSSR count). The second-order valence-electron chi connectivity index (χ2n) is 7.33. The van der Waals surface area contributed by atoms with Crippen LogP contribution >= 0.6 is 11.3 Å². The van der Waals surface area contributed by atoms with E-state index in [-0.39, 0.29) is 0 Å². The maximum absolute atomic E-state index is 8.93. The van der Waals surface area contributed by atoms with Crippen LogP contribution in [0.25, 0.3) is 21.3 Å². The van der Waals surface area contributed by atoms with Crippen molar-refractivity contribution in [2.45, 2.75) is 33.1 Å². The summed E-state index contributed by atoms with van der Waals surface area (Å²) in [6, 6.07) is 20.7. The molecule has 0 aliphatic carbocycles. The van der Waals surface area contributed by atoms with Crippen molar-refractivity contribution in [1.82, 2.24) is 9.97 Å². The van der Waals surface area contributed by atoms with Crippen LogP contribution in [-0.2, 0) is 12.8 Å². The molecule has 0 spiro atoms. The molecule has 0 unspecified atom stereocenters. The lowest BCUT2D eigenvalue weighted by molar-refractivity contribution is 0.855. The molecule has 0 atom stereocenters. The average molecular weight is 413 g/mol. The van der Waals surface area contributed by atoms with Gasteiger partial charge in [0.2, 0.25) is 0 Å². The fourth-order valence-corrected chi connectivity index (χ4v) is 4.38. The largest absolute Gasteiger partial charge is 0.369 e. The predicted octanol–water partition coefficient (Wildman–Crippen LogP) is 6.15. The lowest BCUT2D eigenvalue weighted by atomic mass is 10.0. The van der Waals surface area contributed by atoms with E-state index >= 15 is 0 Å². The molecule has 4 aromatic rings. The second kappa shape index (κ2) is 9.06. The summed E-state index contributed by atoms with van der Waals surface area (Å²) in [6.45, 7) is 5.08. The summed E-state index contributed by atoms with van der Waals surface area (Å²) < 4.78 is 0. The van der Waals surface area contributed by atoms with E-state index in [0.717, 1.165) is 53.2 Å². The minimum Gasteiger partial charge on any atom is -0.369 e. The summed E-state index contributed by atoms with van der Waals surface area (Å²) in [6.07, 6.45) is 2.89. The summed E-state index contributed by atoms with van der Waals surface area (Å²) in [4.78, 5) is 11.7. The highest BCUT2D eigenvalue weighted by Crippen LogP contribution is 2.28. The minimum atomic E-state index is 0.688. The number of aromatic nitrogens is 2. The molecular weight excluding hydrogens is 388 g/mol. The Morgan fingerprint density at radius 3 is 2.37 bits per heavy atom. The molecule has 4 nitrogen and oxygen atoms in total. The van der Waals surface area contributed by atoms with Gasteiger partial charge in [-0.15, -0.1) is 11.3 Å². The van der Waals surface area contributed by atoms with Gasteiger partial charge in [0, 0.05) is 17.8 Å². The Morgan fingerprint density at radius 2 is 1.70 bits per heavy atom. The van der Waals surface area contributed by atoms with Gasteiger partial charge in [0.15, 0.2) is 0 Å². The van der Waals surface area contributed by atoms with Crippen LogP contribution in [0.15, 0.2) is 54.6 Å². The summed E-state index contributed by atoms with van der Waals surface area (Å²) in [5.41, 5.74) is 4.31. The monoisotopic (exact) mass is 412 g/mol. The average Bonchev–Trinajstić information content (AvgIpc) is 3.17. The standard InChI is InChI=1S/C25H24N4S/c1-3-23-28-24(22-15-17(2)30-25(22)29-23)27-14-4-5-18-6-10-20(11-7-18)21-12-8-19(16-26)9-13-21/h6-13,15H,3-5,14H2,1-2H3,(H,27,28,29). The van der Waals surface area contributed by atoms with Gasteiger partial charge < -0.3 is 5.32 Å². The van der Waals surface area contributed by atoms with E-state index < -0.39 is 0 Å². The number of benzene rings is 2. The van der Waals surface area contributed by atoms with Crippen LogP contribution in [0.3, 0.4) is 0 Å². The van der Waals surface area contributed by atoms with E-state index in [1.165, 1.54) is 16.0 Å². The number of aryl methyl sites for hydroxylation is 3. The molecule has 0 saturated heterocycles. The van der Waals surface area contributed by atoms with Gasteiger partial charge in [-0.2, -0.15) is 5.26 Å². The van der Waals surface area contributed by atoms with Crippen molar-refractivity contribution in [3.63, 3.8) is 0 Å². The Balaban J connectivity index is 1.36. The van der Waals surface area contributed by atoms with Crippen molar-refractivity contribution in [2.75, 3.05) is 11.9 Å². The van der Waals surface area contributed by atoms with Gasteiger partial charge in [0.25, 0.3) is 0 Å². The first kappa shape index (κ1) is 20.1. The predicted molar refractivity (Wildman–Crippen MR) is 125 cm³/mol. The van der Waals surface area contributed by atoms with Gasteiger partial charge >= 0.3 is 0 Å². The third kappa shape index (κ3) is 4.50. The van der Waals surface area contributed by atoms with E-state index in [2.05, 4.69) is 60.5 Å². The molecule has 1 N–H and O–H groups in total. The molecule has 0 aliphatic rings. The zero-order valence-electron chi connectivity index (χ0n) is 17.3. The molecule has 0 bridgehead atoms. The minimum absolute atomic E-state index is 0.688. The Kier molecular flexibility index (Phi) is 6.06. The first-order valence-electron chi connectivity index (χ1n) is 10.3. The normalized spacial score (nSPS) is 10.8. The van der Waals surface area contributed by atoms with Crippen LogP contribution in [0.5, 0.6) is 0 Å². The van der Waals surface area contributed by atoms with E-state index in [4.69, 9.17) is 10.2 Å². The van der Waals surface area contributed by atoms with Crippen molar-refractivity contribution in [3.8, 4) is 17.2 Å². The summed E-state index contributed by atoms with van der Waals surface area (Å²) >= 11 is 1.73. The lowest BCUT2D eigenvalue weighted by Gasteiger charge is -2.09. The molecule has 0 fully saturated rings. The van der Waals surface area contributed by atoms with Gasteiger partial charge in [-0.3, -0.25) is 0 Å². The number of nitrogens with one attached hydrogen (secondary N) is 1. The number of thiophene rings is 1. The fraction of sp³-hybridized carbons (Fsp3) is 0.240. The molecule has 2 aromatic carbocycles. The van der Waals surface area contributed by atoms with Crippen LogP contribution in [0.4, 0.5) is 5.82 Å². The highest BCUT2D eigenvalue weighted by Gasteiger charge is 2.09. The first-order chi connectivity index (χ1) is 14.7. The highest BCUT2D eigenvalue weighted by molar-refractivity contribution is 7.18. The van der Waals surface area contributed by atoms with Crippen LogP contribution in [0.1, 0.15) is 35.2 Å². The van der Waals surface area contributed by atoms with Gasteiger partial charge in [0.05, 0.1) is 17.0 Å². The number of nitriles is 1. The number of rotatable bonds is 7. The lowest BCUT2D eigenvalue weighted by Crippen LogP contribution is -2.07. The number of anilines is 1. The Bertz CT molecular complexity index is 1190. The fourth-order valence-electron chi connectivity index (χ4n) is 3.48. The highest BCUT2D eigenvalue weighted by atomic mass is 32.1. The van der Waals surface area contributed by atoms with Crippen molar-refractivity contribution in [3.05, 3.63) is 76.4 Å². The first-order valence-corrected chi connectivity index (χ1v) is 11.1. The van der Waals surface area contributed by atoms with Crippen molar-refractivity contribution >= 4 is 27.4 Å². The number of nitrogens with zero attached hydrogens (tertiary/aromatic N) is 3. The molecule has 5 heteroatoms. The maximum Gasteiger partial charge on any atom is 0.138 e. The molecule has 0 saturated carbocycles. The quantitative estimate of drug-likeness (QED) is 0.370. The SMILES string of the molecule is CCc1nc(NCCCc2ccc(-c3ccc(C#N)cc3)cc2)c2cc(C)sc2n1.